The molecule has 27 heavy (non-hydrogen) atoms. The molecule has 0 saturated carbocycles. The zero-order valence-electron chi connectivity index (χ0n) is 14.8. The van der Waals surface area contributed by atoms with Crippen molar-refractivity contribution < 1.29 is 0 Å². The van der Waals surface area contributed by atoms with Crippen LogP contribution >= 0.6 is 0 Å². The van der Waals surface area contributed by atoms with E-state index in [-0.39, 0.29) is 6.04 Å². The van der Waals surface area contributed by atoms with Crippen molar-refractivity contribution in [1.82, 2.24) is 4.57 Å². The molecule has 1 aromatic heterocycles. The summed E-state index contributed by atoms with van der Waals surface area (Å²) in [6.45, 7) is 13.7. The molecule has 2 N–H and O–H groups in total. The molecule has 0 spiro atoms. The Bertz CT molecular complexity index is 916. The van der Waals surface area contributed by atoms with Crippen LogP contribution in [-0.4, -0.2) is 11.1 Å². The third-order valence-electron chi connectivity index (χ3n) is 3.84. The van der Waals surface area contributed by atoms with E-state index in [2.05, 4.69) is 34.0 Å². The third-order valence-corrected chi connectivity index (χ3v) is 3.84. The molecule has 0 atom stereocenters. The second kappa shape index (κ2) is 10.1. The minimum Gasteiger partial charge on any atom is -0.386 e. The van der Waals surface area contributed by atoms with Gasteiger partial charge in [0.05, 0.1) is 24.5 Å². The van der Waals surface area contributed by atoms with Crippen LogP contribution in [0.4, 0.5) is 11.5 Å². The van der Waals surface area contributed by atoms with Gasteiger partial charge in [-0.3, -0.25) is 0 Å². The van der Waals surface area contributed by atoms with Gasteiger partial charge in [0.1, 0.15) is 6.42 Å². The lowest BCUT2D eigenvalue weighted by Crippen LogP contribution is -2.13. The predicted molar refractivity (Wildman–Crippen MR) is 107 cm³/mol. The van der Waals surface area contributed by atoms with Crippen molar-refractivity contribution in [3.05, 3.63) is 107 Å². The number of benzene rings is 2. The number of hydrogen-bond donors (Lipinski definition) is 1. The number of nitrogens with zero attached hydrogens (tertiary/aromatic N) is 4. The molecular formula is C22H19N5. The van der Waals surface area contributed by atoms with E-state index >= 15 is 0 Å². The Morgan fingerprint density at radius 2 is 1.56 bits per heavy atom. The highest BCUT2D eigenvalue weighted by Gasteiger charge is 2.18. The van der Waals surface area contributed by atoms with Gasteiger partial charge in [0.2, 0.25) is 12.2 Å². The first kappa shape index (κ1) is 19.3. The molecule has 0 aliphatic rings. The van der Waals surface area contributed by atoms with E-state index in [1.54, 1.807) is 6.07 Å². The van der Waals surface area contributed by atoms with Gasteiger partial charge >= 0.3 is 0 Å². The number of rotatable bonds is 4. The Morgan fingerprint density at radius 1 is 1.00 bits per heavy atom. The number of aromatic nitrogens is 1. The van der Waals surface area contributed by atoms with Gasteiger partial charge in [0.15, 0.2) is 0 Å². The molecule has 5 heteroatoms. The largest absolute Gasteiger partial charge is 0.386 e. The Labute approximate surface area is 159 Å². The van der Waals surface area contributed by atoms with Crippen LogP contribution in [0.2, 0.25) is 0 Å². The van der Waals surface area contributed by atoms with Gasteiger partial charge in [0.25, 0.3) is 0 Å². The maximum atomic E-state index is 7.80. The van der Waals surface area contributed by atoms with Crippen molar-refractivity contribution in [3.8, 4) is 6.07 Å². The quantitative estimate of drug-likeness (QED) is 0.525. The number of nitrogen functional groups attached to an aromatic ring is 1. The minimum atomic E-state index is -0.0251. The van der Waals surface area contributed by atoms with Crippen LogP contribution in [-0.2, 0) is 0 Å². The summed E-state index contributed by atoms with van der Waals surface area (Å²) in [5.74, 6) is 0.596. The Morgan fingerprint density at radius 3 is 1.93 bits per heavy atom. The van der Waals surface area contributed by atoms with Gasteiger partial charge in [-0.2, -0.15) is 5.26 Å². The monoisotopic (exact) mass is 353 g/mol. The topological polar surface area (TPSA) is 63.5 Å². The zero-order chi connectivity index (χ0) is 19.5. The van der Waals surface area contributed by atoms with Crippen LogP contribution in [0, 0.1) is 24.5 Å². The molecule has 132 valence electrons. The Balaban J connectivity index is 0.000000380. The average Bonchev–Trinajstić information content (AvgIpc) is 3.09. The fourth-order valence-electron chi connectivity index (χ4n) is 2.66. The molecule has 0 radical (unpaired) electrons. The second-order valence-corrected chi connectivity index (χ2v) is 5.66. The van der Waals surface area contributed by atoms with Crippen LogP contribution in [0.1, 0.15) is 23.6 Å². The SMILES string of the molecule is [C-]#[N+]CCC#N.[C-]#[N+]c1cc(N)n(C(c2ccccc2)c2ccccc2)c1. The van der Waals surface area contributed by atoms with Crippen molar-refractivity contribution >= 4 is 11.5 Å². The number of nitrogens with two attached hydrogens (primary N) is 1. The highest BCUT2D eigenvalue weighted by Crippen LogP contribution is 2.32. The Hall–Kier alpha value is -4.01. The minimum absolute atomic E-state index is 0.0251. The fourth-order valence-corrected chi connectivity index (χ4v) is 2.66. The van der Waals surface area contributed by atoms with E-state index in [9.17, 15) is 0 Å². The summed E-state index contributed by atoms with van der Waals surface area (Å²) < 4.78 is 1.96. The fraction of sp³-hybridized carbons (Fsp3) is 0.136. The maximum absolute atomic E-state index is 7.80. The van der Waals surface area contributed by atoms with Gasteiger partial charge in [0, 0.05) is 6.20 Å². The van der Waals surface area contributed by atoms with Crippen molar-refractivity contribution in [3.63, 3.8) is 0 Å². The molecule has 5 nitrogen and oxygen atoms in total. The van der Waals surface area contributed by atoms with Crippen molar-refractivity contribution in [2.45, 2.75) is 12.5 Å². The summed E-state index contributed by atoms with van der Waals surface area (Å²) in [5, 5.41) is 7.80. The first-order valence-electron chi connectivity index (χ1n) is 8.36. The van der Waals surface area contributed by atoms with E-state index in [4.69, 9.17) is 24.1 Å². The van der Waals surface area contributed by atoms with Gasteiger partial charge in [-0.05, 0) is 17.2 Å². The second-order valence-electron chi connectivity index (χ2n) is 5.66. The van der Waals surface area contributed by atoms with Crippen LogP contribution in [0.25, 0.3) is 9.69 Å². The molecule has 3 rings (SSSR count). The van der Waals surface area contributed by atoms with E-state index in [0.717, 1.165) is 11.1 Å². The number of hydrogen-bond acceptors (Lipinski definition) is 2. The first-order chi connectivity index (χ1) is 13.2. The Kier molecular flexibility index (Phi) is 7.22. The molecular weight excluding hydrogens is 334 g/mol. The lowest BCUT2D eigenvalue weighted by Gasteiger charge is -2.22. The van der Waals surface area contributed by atoms with E-state index in [0.29, 0.717) is 24.5 Å². The van der Waals surface area contributed by atoms with Crippen molar-refractivity contribution in [2.24, 2.45) is 0 Å². The molecule has 0 amide bonds. The van der Waals surface area contributed by atoms with Crippen LogP contribution in [0.3, 0.4) is 0 Å². The summed E-state index contributed by atoms with van der Waals surface area (Å²) in [6.07, 6.45) is 2.18. The lowest BCUT2D eigenvalue weighted by atomic mass is 9.98. The van der Waals surface area contributed by atoms with E-state index in [1.165, 1.54) is 0 Å². The molecule has 0 unspecified atom stereocenters. The summed E-state index contributed by atoms with van der Waals surface area (Å²) in [4.78, 5) is 6.42. The third kappa shape index (κ3) is 5.23. The molecule has 2 aromatic carbocycles. The molecule has 1 heterocycles. The van der Waals surface area contributed by atoms with Gasteiger partial charge in [-0.1, -0.05) is 60.7 Å². The molecule has 0 saturated heterocycles. The summed E-state index contributed by atoms with van der Waals surface area (Å²) >= 11 is 0. The van der Waals surface area contributed by atoms with Gasteiger partial charge in [-0.15, -0.1) is 0 Å². The lowest BCUT2D eigenvalue weighted by molar-refractivity contribution is 0.692. The van der Waals surface area contributed by atoms with Gasteiger partial charge < -0.3 is 15.1 Å². The highest BCUT2D eigenvalue weighted by atomic mass is 15.1. The van der Waals surface area contributed by atoms with Crippen LogP contribution in [0.15, 0.2) is 72.9 Å². The van der Waals surface area contributed by atoms with Crippen LogP contribution in [0.5, 0.6) is 0 Å². The molecule has 3 aromatic rings. The number of anilines is 1. The number of nitriles is 1. The standard InChI is InChI=1S/C18H15N3.C4H4N2/c1-20-16-12-17(19)21(13-16)18(14-8-4-2-5-9-14)15-10-6-3-7-11-15;1-6-4-2-3-5/h2-13,18H,19H2;2,4H2. The van der Waals surface area contributed by atoms with E-state index in [1.807, 2.05) is 53.2 Å². The maximum Gasteiger partial charge on any atom is 0.227 e. The average molecular weight is 353 g/mol. The van der Waals surface area contributed by atoms with Crippen LogP contribution < -0.4 is 5.73 Å². The normalized spacial score (nSPS) is 9.41. The van der Waals surface area contributed by atoms with Crippen molar-refractivity contribution in [1.29, 1.82) is 5.26 Å². The summed E-state index contributed by atoms with van der Waals surface area (Å²) in [6, 6.07) is 23.9. The predicted octanol–water partition coefficient (Wildman–Crippen LogP) is 5.08. The zero-order valence-corrected chi connectivity index (χ0v) is 14.8. The van der Waals surface area contributed by atoms with E-state index < -0.39 is 0 Å². The first-order valence-corrected chi connectivity index (χ1v) is 8.36. The molecule has 0 aliphatic heterocycles. The molecule has 0 aliphatic carbocycles. The van der Waals surface area contributed by atoms with Gasteiger partial charge in [-0.25, -0.2) is 11.4 Å². The van der Waals surface area contributed by atoms with Crippen molar-refractivity contribution in [2.75, 3.05) is 12.3 Å². The summed E-state index contributed by atoms with van der Waals surface area (Å²) in [7, 11) is 0. The molecule has 0 fully saturated rings. The highest BCUT2D eigenvalue weighted by molar-refractivity contribution is 5.55. The molecule has 0 bridgehead atoms. The summed E-state index contributed by atoms with van der Waals surface area (Å²) in [5.41, 5.74) is 8.95. The smallest absolute Gasteiger partial charge is 0.227 e.